The largest absolute Gasteiger partial charge is 0.312 e. The van der Waals surface area contributed by atoms with Gasteiger partial charge < -0.3 is 5.32 Å². The Morgan fingerprint density at radius 3 is 2.31 bits per heavy atom. The molecule has 2 atom stereocenters. The Kier molecular flexibility index (Phi) is 3.39. The average Bonchev–Trinajstić information content (AvgIpc) is 1.78. The van der Waals surface area contributed by atoms with Crippen molar-refractivity contribution in [3.05, 3.63) is 0 Å². The van der Waals surface area contributed by atoms with Gasteiger partial charge in [-0.25, -0.2) is 0 Å². The van der Waals surface area contributed by atoms with Gasteiger partial charge >= 0.3 is 0 Å². The van der Waals surface area contributed by atoms with Crippen molar-refractivity contribution in [1.82, 2.24) is 5.32 Å². The molecule has 1 aliphatic rings. The minimum Gasteiger partial charge on any atom is -0.312 e. The second-order valence-corrected chi connectivity index (χ2v) is 5.93. The summed E-state index contributed by atoms with van der Waals surface area (Å²) < 4.78 is 0. The lowest BCUT2D eigenvalue weighted by Gasteiger charge is -2.40. The van der Waals surface area contributed by atoms with Crippen LogP contribution >= 0.6 is 0 Å². The smallest absolute Gasteiger partial charge is 0.00770 e. The van der Waals surface area contributed by atoms with Gasteiger partial charge in [0, 0.05) is 12.1 Å². The Morgan fingerprint density at radius 2 is 1.85 bits per heavy atom. The van der Waals surface area contributed by atoms with E-state index in [-0.39, 0.29) is 0 Å². The fourth-order valence-corrected chi connectivity index (χ4v) is 2.94. The lowest BCUT2D eigenvalue weighted by atomic mass is 9.70. The van der Waals surface area contributed by atoms with Gasteiger partial charge in [0.15, 0.2) is 0 Å². The topological polar surface area (TPSA) is 12.0 Å². The molecule has 0 aliphatic heterocycles. The molecule has 0 aromatic heterocycles. The zero-order chi connectivity index (χ0) is 10.1. The molecule has 0 aromatic rings. The second kappa shape index (κ2) is 4.00. The Balaban J connectivity index is 2.48. The molecule has 1 fully saturated rings. The lowest BCUT2D eigenvalue weighted by Crippen LogP contribution is -2.42. The van der Waals surface area contributed by atoms with Gasteiger partial charge in [-0.1, -0.05) is 34.6 Å². The van der Waals surface area contributed by atoms with Crippen LogP contribution in [0.3, 0.4) is 0 Å². The van der Waals surface area contributed by atoms with E-state index in [2.05, 4.69) is 39.9 Å². The summed E-state index contributed by atoms with van der Waals surface area (Å²) in [5, 5.41) is 3.67. The molecule has 0 radical (unpaired) electrons. The van der Waals surface area contributed by atoms with Crippen LogP contribution in [0.2, 0.25) is 0 Å². The molecule has 0 heterocycles. The highest BCUT2D eigenvalue weighted by molar-refractivity contribution is 4.86. The third kappa shape index (κ3) is 3.68. The van der Waals surface area contributed by atoms with Gasteiger partial charge in [-0.3, -0.25) is 0 Å². The minimum absolute atomic E-state index is 0.546. The molecule has 1 heteroatoms. The molecule has 1 saturated carbocycles. The molecule has 1 rings (SSSR count). The van der Waals surface area contributed by atoms with Crippen molar-refractivity contribution in [2.45, 2.75) is 66.0 Å². The Morgan fingerprint density at radius 1 is 1.23 bits per heavy atom. The van der Waals surface area contributed by atoms with Gasteiger partial charge in [-0.05, 0) is 30.6 Å². The quantitative estimate of drug-likeness (QED) is 0.693. The standard InChI is InChI=1S/C12H25N/c1-9(2)13-11-6-10(3)7-12(4,5)8-11/h9-11,13H,6-8H2,1-5H3/t10-,11+/m0/s1. The first-order chi connectivity index (χ1) is 5.89. The van der Waals surface area contributed by atoms with E-state index in [0.29, 0.717) is 11.5 Å². The van der Waals surface area contributed by atoms with E-state index in [1.165, 1.54) is 19.3 Å². The van der Waals surface area contributed by atoms with Gasteiger partial charge in [-0.15, -0.1) is 0 Å². The van der Waals surface area contributed by atoms with Crippen LogP contribution in [0.4, 0.5) is 0 Å². The highest BCUT2D eigenvalue weighted by Crippen LogP contribution is 2.38. The van der Waals surface area contributed by atoms with Gasteiger partial charge in [0.05, 0.1) is 0 Å². The summed E-state index contributed by atoms with van der Waals surface area (Å²) in [6.45, 7) is 11.7. The fraction of sp³-hybridized carbons (Fsp3) is 1.00. The van der Waals surface area contributed by atoms with E-state index in [4.69, 9.17) is 0 Å². The third-order valence-electron chi connectivity index (χ3n) is 2.96. The predicted octanol–water partition coefficient (Wildman–Crippen LogP) is 3.20. The fourth-order valence-electron chi connectivity index (χ4n) is 2.94. The van der Waals surface area contributed by atoms with Crippen molar-refractivity contribution in [2.75, 3.05) is 0 Å². The van der Waals surface area contributed by atoms with Crippen molar-refractivity contribution in [1.29, 1.82) is 0 Å². The summed E-state index contributed by atoms with van der Waals surface area (Å²) in [5.74, 6) is 0.889. The molecule has 0 unspecified atom stereocenters. The van der Waals surface area contributed by atoms with Gasteiger partial charge in [0.2, 0.25) is 0 Å². The SMILES string of the molecule is CC(C)N[C@@H]1C[C@H](C)CC(C)(C)C1. The molecule has 1 nitrogen and oxygen atoms in total. The molecule has 0 amide bonds. The van der Waals surface area contributed by atoms with E-state index >= 15 is 0 Å². The summed E-state index contributed by atoms with van der Waals surface area (Å²) in [6, 6.07) is 1.38. The van der Waals surface area contributed by atoms with Gasteiger partial charge in [0.25, 0.3) is 0 Å². The maximum absolute atomic E-state index is 3.67. The first-order valence-electron chi connectivity index (χ1n) is 5.65. The first-order valence-corrected chi connectivity index (χ1v) is 5.65. The third-order valence-corrected chi connectivity index (χ3v) is 2.96. The number of hydrogen-bond donors (Lipinski definition) is 1. The number of rotatable bonds is 2. The summed E-state index contributed by atoms with van der Waals surface area (Å²) in [6.07, 6.45) is 4.10. The molecule has 78 valence electrons. The molecule has 1 aliphatic carbocycles. The summed E-state index contributed by atoms with van der Waals surface area (Å²) in [7, 11) is 0. The monoisotopic (exact) mass is 183 g/mol. The Hall–Kier alpha value is -0.0400. The van der Waals surface area contributed by atoms with E-state index in [1.54, 1.807) is 0 Å². The molecule has 13 heavy (non-hydrogen) atoms. The van der Waals surface area contributed by atoms with Crippen molar-refractivity contribution in [3.8, 4) is 0 Å². The molecule has 0 aromatic carbocycles. The van der Waals surface area contributed by atoms with Crippen molar-refractivity contribution >= 4 is 0 Å². The highest BCUT2D eigenvalue weighted by Gasteiger charge is 2.31. The van der Waals surface area contributed by atoms with Crippen LogP contribution in [-0.4, -0.2) is 12.1 Å². The Labute approximate surface area is 83.3 Å². The maximum atomic E-state index is 3.67. The normalized spacial score (nSPS) is 33.7. The molecular weight excluding hydrogens is 158 g/mol. The lowest BCUT2D eigenvalue weighted by molar-refractivity contribution is 0.147. The molecule has 0 bridgehead atoms. The predicted molar refractivity (Wildman–Crippen MR) is 58.9 cm³/mol. The van der Waals surface area contributed by atoms with Crippen LogP contribution < -0.4 is 5.32 Å². The minimum atomic E-state index is 0.546. The van der Waals surface area contributed by atoms with Crippen LogP contribution in [0.15, 0.2) is 0 Å². The summed E-state index contributed by atoms with van der Waals surface area (Å²) in [4.78, 5) is 0. The van der Waals surface area contributed by atoms with E-state index in [1.807, 2.05) is 0 Å². The maximum Gasteiger partial charge on any atom is 0.00770 e. The van der Waals surface area contributed by atoms with Crippen LogP contribution in [0.1, 0.15) is 53.9 Å². The molecular formula is C12H25N. The van der Waals surface area contributed by atoms with E-state index in [0.717, 1.165) is 12.0 Å². The molecule has 1 N–H and O–H groups in total. The van der Waals surface area contributed by atoms with Crippen LogP contribution in [-0.2, 0) is 0 Å². The van der Waals surface area contributed by atoms with Crippen LogP contribution in [0.5, 0.6) is 0 Å². The second-order valence-electron chi connectivity index (χ2n) is 5.93. The van der Waals surface area contributed by atoms with Gasteiger partial charge in [-0.2, -0.15) is 0 Å². The highest BCUT2D eigenvalue weighted by atomic mass is 14.9. The zero-order valence-corrected chi connectivity index (χ0v) is 9.85. The zero-order valence-electron chi connectivity index (χ0n) is 9.85. The number of nitrogens with one attached hydrogen (secondary N) is 1. The first kappa shape index (κ1) is 11.0. The molecule has 0 spiro atoms. The van der Waals surface area contributed by atoms with Crippen molar-refractivity contribution in [3.63, 3.8) is 0 Å². The van der Waals surface area contributed by atoms with E-state index < -0.39 is 0 Å². The number of hydrogen-bond acceptors (Lipinski definition) is 1. The Bertz CT molecular complexity index is 159. The average molecular weight is 183 g/mol. The van der Waals surface area contributed by atoms with E-state index in [9.17, 15) is 0 Å². The van der Waals surface area contributed by atoms with Crippen LogP contribution in [0.25, 0.3) is 0 Å². The van der Waals surface area contributed by atoms with Crippen molar-refractivity contribution < 1.29 is 0 Å². The molecule has 0 saturated heterocycles. The summed E-state index contributed by atoms with van der Waals surface area (Å²) >= 11 is 0. The van der Waals surface area contributed by atoms with Crippen molar-refractivity contribution in [2.24, 2.45) is 11.3 Å². The van der Waals surface area contributed by atoms with Crippen LogP contribution in [0, 0.1) is 11.3 Å². The van der Waals surface area contributed by atoms with Gasteiger partial charge in [0.1, 0.15) is 0 Å². The summed E-state index contributed by atoms with van der Waals surface area (Å²) in [5.41, 5.74) is 0.546.